The molecular formula is C12H19NOS. The summed E-state index contributed by atoms with van der Waals surface area (Å²) in [7, 11) is 0. The molecule has 3 heteroatoms. The van der Waals surface area contributed by atoms with Crippen LogP contribution in [0.1, 0.15) is 35.6 Å². The summed E-state index contributed by atoms with van der Waals surface area (Å²) in [5.74, 6) is 0.516. The third-order valence-electron chi connectivity index (χ3n) is 3.06. The molecule has 0 bridgehead atoms. The second kappa shape index (κ2) is 5.10. The molecule has 2 atom stereocenters. The summed E-state index contributed by atoms with van der Waals surface area (Å²) in [6.45, 7) is 3.93. The molecule has 15 heavy (non-hydrogen) atoms. The molecule has 1 aliphatic heterocycles. The molecule has 0 radical (unpaired) electrons. The summed E-state index contributed by atoms with van der Waals surface area (Å²) in [6, 6.07) is 4.56. The van der Waals surface area contributed by atoms with E-state index < -0.39 is 0 Å². The largest absolute Gasteiger partial charge is 0.381 e. The van der Waals surface area contributed by atoms with Gasteiger partial charge in [-0.1, -0.05) is 6.92 Å². The maximum absolute atomic E-state index is 6.27. The highest BCUT2D eigenvalue weighted by molar-refractivity contribution is 7.12. The molecule has 2 nitrogen and oxygen atoms in total. The molecule has 2 unspecified atom stereocenters. The zero-order chi connectivity index (χ0) is 10.7. The van der Waals surface area contributed by atoms with Crippen LogP contribution in [0.3, 0.4) is 0 Å². The topological polar surface area (TPSA) is 35.2 Å². The number of hydrogen-bond donors (Lipinski definition) is 1. The van der Waals surface area contributed by atoms with Gasteiger partial charge >= 0.3 is 0 Å². The predicted molar refractivity (Wildman–Crippen MR) is 64.2 cm³/mol. The van der Waals surface area contributed by atoms with Gasteiger partial charge in [-0.3, -0.25) is 0 Å². The molecule has 1 aromatic heterocycles. The van der Waals surface area contributed by atoms with E-state index in [9.17, 15) is 0 Å². The molecular weight excluding hydrogens is 206 g/mol. The van der Waals surface area contributed by atoms with Crippen LogP contribution in [-0.2, 0) is 11.2 Å². The minimum absolute atomic E-state index is 0.176. The van der Waals surface area contributed by atoms with Gasteiger partial charge in [0.05, 0.1) is 6.61 Å². The Kier molecular flexibility index (Phi) is 3.78. The standard InChI is InChI=1S/C12H19NOS/c1-2-10-5-6-11(15-10)12(13)9-4-3-7-14-8-9/h5-6,9,12H,2-4,7-8,13H2,1H3. The smallest absolute Gasteiger partial charge is 0.0512 e. The Morgan fingerprint density at radius 2 is 2.47 bits per heavy atom. The maximum Gasteiger partial charge on any atom is 0.0512 e. The molecule has 2 N–H and O–H groups in total. The molecule has 0 amide bonds. The van der Waals surface area contributed by atoms with Crippen molar-refractivity contribution < 1.29 is 4.74 Å². The van der Waals surface area contributed by atoms with Crippen LogP contribution in [0, 0.1) is 5.92 Å². The molecule has 0 saturated carbocycles. The van der Waals surface area contributed by atoms with Gasteiger partial charge < -0.3 is 10.5 Å². The Morgan fingerprint density at radius 1 is 1.60 bits per heavy atom. The first kappa shape index (κ1) is 11.1. The molecule has 0 aliphatic carbocycles. The molecule has 1 aromatic rings. The molecule has 0 aromatic carbocycles. The van der Waals surface area contributed by atoms with Crippen molar-refractivity contribution in [2.45, 2.75) is 32.2 Å². The van der Waals surface area contributed by atoms with Crippen LogP contribution in [0.2, 0.25) is 0 Å². The van der Waals surface area contributed by atoms with Crippen molar-refractivity contribution in [3.8, 4) is 0 Å². The highest BCUT2D eigenvalue weighted by atomic mass is 32.1. The van der Waals surface area contributed by atoms with Crippen LogP contribution in [0.5, 0.6) is 0 Å². The van der Waals surface area contributed by atoms with Crippen LogP contribution in [-0.4, -0.2) is 13.2 Å². The fourth-order valence-electron chi connectivity index (χ4n) is 2.04. The van der Waals surface area contributed by atoms with Crippen molar-refractivity contribution in [2.24, 2.45) is 11.7 Å². The summed E-state index contributed by atoms with van der Waals surface area (Å²) >= 11 is 1.85. The Balaban J connectivity index is 2.02. The second-order valence-corrected chi connectivity index (χ2v) is 5.36. The van der Waals surface area contributed by atoms with Gasteiger partial charge in [-0.25, -0.2) is 0 Å². The molecule has 1 saturated heterocycles. The Bertz CT molecular complexity index is 304. The molecule has 1 aliphatic rings. The number of ether oxygens (including phenoxy) is 1. The molecule has 1 fully saturated rings. The molecule has 2 rings (SSSR count). The highest BCUT2D eigenvalue weighted by Gasteiger charge is 2.23. The average molecular weight is 225 g/mol. The monoisotopic (exact) mass is 225 g/mol. The number of aryl methyl sites for hydroxylation is 1. The van der Waals surface area contributed by atoms with Gasteiger partial charge in [-0.15, -0.1) is 11.3 Å². The van der Waals surface area contributed by atoms with Gasteiger partial charge in [0.1, 0.15) is 0 Å². The van der Waals surface area contributed by atoms with E-state index in [1.807, 2.05) is 11.3 Å². The van der Waals surface area contributed by atoms with E-state index in [1.165, 1.54) is 16.2 Å². The first-order valence-corrected chi connectivity index (χ1v) is 6.55. The second-order valence-electron chi connectivity index (χ2n) is 4.16. The van der Waals surface area contributed by atoms with E-state index in [0.29, 0.717) is 5.92 Å². The minimum atomic E-state index is 0.176. The summed E-state index contributed by atoms with van der Waals surface area (Å²) < 4.78 is 5.48. The van der Waals surface area contributed by atoms with Gasteiger partial charge in [0.25, 0.3) is 0 Å². The van der Waals surface area contributed by atoms with Crippen molar-refractivity contribution in [3.05, 3.63) is 21.9 Å². The zero-order valence-corrected chi connectivity index (χ0v) is 10.1. The van der Waals surface area contributed by atoms with E-state index in [2.05, 4.69) is 19.1 Å². The van der Waals surface area contributed by atoms with Crippen molar-refractivity contribution in [2.75, 3.05) is 13.2 Å². The fourth-order valence-corrected chi connectivity index (χ4v) is 3.09. The quantitative estimate of drug-likeness (QED) is 0.858. The van der Waals surface area contributed by atoms with E-state index >= 15 is 0 Å². The van der Waals surface area contributed by atoms with Gasteiger partial charge in [0.15, 0.2) is 0 Å². The van der Waals surface area contributed by atoms with Crippen LogP contribution in [0.25, 0.3) is 0 Å². The van der Waals surface area contributed by atoms with Crippen molar-refractivity contribution >= 4 is 11.3 Å². The van der Waals surface area contributed by atoms with E-state index in [-0.39, 0.29) is 6.04 Å². The molecule has 2 heterocycles. The van der Waals surface area contributed by atoms with Gasteiger partial charge in [-0.05, 0) is 31.4 Å². The van der Waals surface area contributed by atoms with E-state index in [0.717, 1.165) is 26.1 Å². The third kappa shape index (κ3) is 2.60. The van der Waals surface area contributed by atoms with Crippen molar-refractivity contribution in [1.82, 2.24) is 0 Å². The third-order valence-corrected chi connectivity index (χ3v) is 4.39. The number of thiophene rings is 1. The number of rotatable bonds is 3. The van der Waals surface area contributed by atoms with Crippen LogP contribution >= 0.6 is 11.3 Å². The lowest BCUT2D eigenvalue weighted by Crippen LogP contribution is -2.28. The Hall–Kier alpha value is -0.380. The summed E-state index contributed by atoms with van der Waals surface area (Å²) in [6.07, 6.45) is 3.48. The maximum atomic E-state index is 6.27. The zero-order valence-electron chi connectivity index (χ0n) is 9.24. The van der Waals surface area contributed by atoms with Crippen molar-refractivity contribution in [3.63, 3.8) is 0 Å². The predicted octanol–water partition coefficient (Wildman–Crippen LogP) is 2.74. The first-order chi connectivity index (χ1) is 7.31. The normalized spacial score (nSPS) is 24.0. The first-order valence-electron chi connectivity index (χ1n) is 5.73. The van der Waals surface area contributed by atoms with E-state index in [4.69, 9.17) is 10.5 Å². The SMILES string of the molecule is CCc1ccc(C(N)C2CCCOC2)s1. The Labute approximate surface area is 95.4 Å². The van der Waals surface area contributed by atoms with Crippen molar-refractivity contribution in [1.29, 1.82) is 0 Å². The lowest BCUT2D eigenvalue weighted by atomic mass is 9.93. The number of nitrogens with two attached hydrogens (primary N) is 1. The lowest BCUT2D eigenvalue weighted by Gasteiger charge is -2.26. The summed E-state index contributed by atoms with van der Waals surface area (Å²) in [4.78, 5) is 2.75. The average Bonchev–Trinajstić information content (AvgIpc) is 2.78. The van der Waals surface area contributed by atoms with Crippen LogP contribution in [0.4, 0.5) is 0 Å². The highest BCUT2D eigenvalue weighted by Crippen LogP contribution is 2.31. The van der Waals surface area contributed by atoms with Gasteiger partial charge in [0.2, 0.25) is 0 Å². The number of hydrogen-bond acceptors (Lipinski definition) is 3. The van der Waals surface area contributed by atoms with E-state index in [1.54, 1.807) is 0 Å². The van der Waals surface area contributed by atoms with Crippen LogP contribution in [0.15, 0.2) is 12.1 Å². The minimum Gasteiger partial charge on any atom is -0.381 e. The molecule has 0 spiro atoms. The Morgan fingerprint density at radius 3 is 3.07 bits per heavy atom. The van der Waals surface area contributed by atoms with Gasteiger partial charge in [-0.2, -0.15) is 0 Å². The molecule has 84 valence electrons. The lowest BCUT2D eigenvalue weighted by molar-refractivity contribution is 0.0452. The fraction of sp³-hybridized carbons (Fsp3) is 0.667. The van der Waals surface area contributed by atoms with Crippen LogP contribution < -0.4 is 5.73 Å². The summed E-state index contributed by atoms with van der Waals surface area (Å²) in [5, 5.41) is 0. The van der Waals surface area contributed by atoms with Gasteiger partial charge in [0, 0.05) is 28.3 Å². The summed E-state index contributed by atoms with van der Waals surface area (Å²) in [5.41, 5.74) is 6.27.